The van der Waals surface area contributed by atoms with Gasteiger partial charge in [-0.05, 0) is 36.8 Å². The predicted molar refractivity (Wildman–Crippen MR) is 82.1 cm³/mol. The van der Waals surface area contributed by atoms with Crippen LogP contribution in [0.5, 0.6) is 0 Å². The molecule has 1 fully saturated rings. The number of hydrogen-bond donors (Lipinski definition) is 0. The first-order chi connectivity index (χ1) is 10.6. The van der Waals surface area contributed by atoms with E-state index < -0.39 is 5.82 Å². The Labute approximate surface area is 133 Å². The highest BCUT2D eigenvalue weighted by Crippen LogP contribution is 2.26. The van der Waals surface area contributed by atoms with Crippen molar-refractivity contribution in [2.75, 3.05) is 19.7 Å². The molecule has 22 heavy (non-hydrogen) atoms. The maximum atomic E-state index is 13.3. The number of ether oxygens (including phenoxy) is 1. The lowest BCUT2D eigenvalue weighted by atomic mass is 10.1. The van der Waals surface area contributed by atoms with Crippen molar-refractivity contribution in [2.24, 2.45) is 0 Å². The van der Waals surface area contributed by atoms with Gasteiger partial charge in [0.1, 0.15) is 5.82 Å². The van der Waals surface area contributed by atoms with Crippen LogP contribution in [-0.2, 0) is 11.3 Å². The molecule has 0 aliphatic carbocycles. The molecular formula is C16H17ClFN3O. The van der Waals surface area contributed by atoms with Crippen LogP contribution >= 0.6 is 11.6 Å². The summed E-state index contributed by atoms with van der Waals surface area (Å²) in [6, 6.07) is 8.69. The molecule has 1 aromatic heterocycles. The molecule has 0 amide bonds. The normalized spacial score (nSPS) is 19.3. The van der Waals surface area contributed by atoms with Crippen LogP contribution in [0.25, 0.3) is 0 Å². The lowest BCUT2D eigenvalue weighted by Gasteiger charge is -2.32. The molecule has 4 nitrogen and oxygen atoms in total. The van der Waals surface area contributed by atoms with Crippen LogP contribution in [0.2, 0.25) is 5.02 Å². The van der Waals surface area contributed by atoms with Crippen molar-refractivity contribution >= 4 is 11.6 Å². The molecule has 1 aromatic carbocycles. The summed E-state index contributed by atoms with van der Waals surface area (Å²) in [5, 5.41) is 8.40. The first-order valence-corrected chi connectivity index (χ1v) is 7.58. The first-order valence-electron chi connectivity index (χ1n) is 7.20. The van der Waals surface area contributed by atoms with Crippen LogP contribution in [0.4, 0.5) is 4.39 Å². The van der Waals surface area contributed by atoms with Gasteiger partial charge in [0.2, 0.25) is 0 Å². The number of rotatable bonds is 3. The van der Waals surface area contributed by atoms with E-state index in [2.05, 4.69) is 15.1 Å². The smallest absolute Gasteiger partial charge is 0.141 e. The molecule has 3 rings (SSSR count). The summed E-state index contributed by atoms with van der Waals surface area (Å²) in [6.45, 7) is 4.82. The largest absolute Gasteiger partial charge is 0.371 e. The van der Waals surface area contributed by atoms with Crippen molar-refractivity contribution in [1.29, 1.82) is 0 Å². The third-order valence-electron chi connectivity index (χ3n) is 3.70. The van der Waals surface area contributed by atoms with Gasteiger partial charge in [0, 0.05) is 19.6 Å². The van der Waals surface area contributed by atoms with E-state index >= 15 is 0 Å². The SMILES string of the molecule is Cc1ccc(CN2CCOC(c3ccc(F)c(Cl)c3)C2)nn1. The molecule has 0 saturated carbocycles. The fraction of sp³-hybridized carbons (Fsp3) is 0.375. The van der Waals surface area contributed by atoms with Gasteiger partial charge >= 0.3 is 0 Å². The van der Waals surface area contributed by atoms with E-state index in [1.807, 2.05) is 19.1 Å². The molecule has 1 aliphatic heterocycles. The maximum Gasteiger partial charge on any atom is 0.141 e. The number of nitrogens with zero attached hydrogens (tertiary/aromatic N) is 3. The molecule has 6 heteroatoms. The van der Waals surface area contributed by atoms with Gasteiger partial charge in [-0.25, -0.2) is 4.39 Å². The van der Waals surface area contributed by atoms with Crippen molar-refractivity contribution in [3.63, 3.8) is 0 Å². The van der Waals surface area contributed by atoms with E-state index in [1.165, 1.54) is 6.07 Å². The predicted octanol–water partition coefficient (Wildman–Crippen LogP) is 3.15. The van der Waals surface area contributed by atoms with E-state index in [1.54, 1.807) is 12.1 Å². The molecule has 2 aromatic rings. The highest BCUT2D eigenvalue weighted by atomic mass is 35.5. The minimum absolute atomic E-state index is 0.106. The Bertz CT molecular complexity index is 650. The molecule has 1 atom stereocenters. The van der Waals surface area contributed by atoms with E-state index in [0.717, 1.165) is 36.6 Å². The zero-order valence-corrected chi connectivity index (χ0v) is 13.1. The van der Waals surface area contributed by atoms with Gasteiger partial charge in [-0.2, -0.15) is 10.2 Å². The zero-order valence-electron chi connectivity index (χ0n) is 12.3. The number of aromatic nitrogens is 2. The third kappa shape index (κ3) is 3.61. The van der Waals surface area contributed by atoms with Crippen LogP contribution in [-0.4, -0.2) is 34.8 Å². The lowest BCUT2D eigenvalue weighted by molar-refractivity contribution is -0.0333. The van der Waals surface area contributed by atoms with E-state index in [0.29, 0.717) is 6.61 Å². The standard InChI is InChI=1S/C16H17ClFN3O/c1-11-2-4-13(20-19-11)9-21-6-7-22-16(10-21)12-3-5-15(18)14(17)8-12/h2-5,8,16H,6-7,9-10H2,1H3. The van der Waals surface area contributed by atoms with Crippen LogP contribution < -0.4 is 0 Å². The molecule has 0 N–H and O–H groups in total. The summed E-state index contributed by atoms with van der Waals surface area (Å²) in [6.07, 6.45) is -0.106. The molecule has 116 valence electrons. The Balaban J connectivity index is 1.68. The van der Waals surface area contributed by atoms with Gasteiger partial charge in [0.05, 0.1) is 29.1 Å². The summed E-state index contributed by atoms with van der Waals surface area (Å²) in [7, 11) is 0. The van der Waals surface area contributed by atoms with Gasteiger partial charge in [-0.3, -0.25) is 4.90 Å². The summed E-state index contributed by atoms with van der Waals surface area (Å²) >= 11 is 5.85. The minimum atomic E-state index is -0.409. The van der Waals surface area contributed by atoms with Crippen LogP contribution in [0.3, 0.4) is 0 Å². The van der Waals surface area contributed by atoms with Crippen molar-refractivity contribution in [1.82, 2.24) is 15.1 Å². The van der Waals surface area contributed by atoms with Crippen LogP contribution in [0.1, 0.15) is 23.1 Å². The minimum Gasteiger partial charge on any atom is -0.371 e. The lowest BCUT2D eigenvalue weighted by Crippen LogP contribution is -2.38. The highest BCUT2D eigenvalue weighted by Gasteiger charge is 2.23. The van der Waals surface area contributed by atoms with E-state index in [-0.39, 0.29) is 11.1 Å². The number of morpholine rings is 1. The monoisotopic (exact) mass is 321 g/mol. The van der Waals surface area contributed by atoms with Crippen molar-refractivity contribution in [2.45, 2.75) is 19.6 Å². The topological polar surface area (TPSA) is 38.2 Å². The summed E-state index contributed by atoms with van der Waals surface area (Å²) in [5.74, 6) is -0.409. The second-order valence-electron chi connectivity index (χ2n) is 5.43. The molecule has 0 radical (unpaired) electrons. The molecule has 1 unspecified atom stereocenters. The molecule has 0 spiro atoms. The molecule has 2 heterocycles. The third-order valence-corrected chi connectivity index (χ3v) is 3.99. The van der Waals surface area contributed by atoms with Gasteiger partial charge < -0.3 is 4.74 Å². The molecule has 1 aliphatic rings. The number of hydrogen-bond acceptors (Lipinski definition) is 4. The van der Waals surface area contributed by atoms with E-state index in [4.69, 9.17) is 16.3 Å². The summed E-state index contributed by atoms with van der Waals surface area (Å²) < 4.78 is 19.1. The molecule has 1 saturated heterocycles. The van der Waals surface area contributed by atoms with Gasteiger partial charge in [-0.15, -0.1) is 0 Å². The Morgan fingerprint density at radius 2 is 2.18 bits per heavy atom. The Kier molecular flexibility index (Phi) is 4.66. The van der Waals surface area contributed by atoms with Crippen LogP contribution in [0, 0.1) is 12.7 Å². The zero-order chi connectivity index (χ0) is 15.5. The average molecular weight is 322 g/mol. The van der Waals surface area contributed by atoms with E-state index in [9.17, 15) is 4.39 Å². The average Bonchev–Trinajstić information content (AvgIpc) is 2.53. The summed E-state index contributed by atoms with van der Waals surface area (Å²) in [5.41, 5.74) is 2.74. The van der Waals surface area contributed by atoms with Crippen molar-refractivity contribution < 1.29 is 9.13 Å². The Morgan fingerprint density at radius 3 is 2.91 bits per heavy atom. The second kappa shape index (κ2) is 6.69. The van der Waals surface area contributed by atoms with Gasteiger partial charge in [0.25, 0.3) is 0 Å². The Morgan fingerprint density at radius 1 is 1.32 bits per heavy atom. The number of benzene rings is 1. The van der Waals surface area contributed by atoms with Gasteiger partial charge in [-0.1, -0.05) is 17.7 Å². The summed E-state index contributed by atoms with van der Waals surface area (Å²) in [4.78, 5) is 2.25. The number of aryl methyl sites for hydroxylation is 1. The molecular weight excluding hydrogens is 305 g/mol. The maximum absolute atomic E-state index is 13.3. The molecule has 0 bridgehead atoms. The van der Waals surface area contributed by atoms with Crippen molar-refractivity contribution in [3.8, 4) is 0 Å². The Hall–Kier alpha value is -1.56. The van der Waals surface area contributed by atoms with Crippen molar-refractivity contribution in [3.05, 3.63) is 58.1 Å². The van der Waals surface area contributed by atoms with Gasteiger partial charge in [0.15, 0.2) is 0 Å². The fourth-order valence-corrected chi connectivity index (χ4v) is 2.69. The number of halogens is 2. The highest BCUT2D eigenvalue weighted by molar-refractivity contribution is 6.30. The quantitative estimate of drug-likeness (QED) is 0.870. The second-order valence-corrected chi connectivity index (χ2v) is 5.84. The van der Waals surface area contributed by atoms with Crippen LogP contribution in [0.15, 0.2) is 30.3 Å². The fourth-order valence-electron chi connectivity index (χ4n) is 2.50. The first kappa shape index (κ1) is 15.3.